The molecule has 1 saturated carbocycles. The molecule has 3 unspecified atom stereocenters. The smallest absolute Gasteiger partial charge is 0.227 e. The maximum Gasteiger partial charge on any atom is 0.227 e. The molecular weight excluding hydrogens is 188 g/mol. The van der Waals surface area contributed by atoms with Gasteiger partial charge >= 0.3 is 0 Å². The van der Waals surface area contributed by atoms with Crippen LogP contribution in [0.4, 0.5) is 0 Å². The Balaban J connectivity index is 1.91. The average Bonchev–Trinajstić information content (AvgIpc) is 2.84. The van der Waals surface area contributed by atoms with Crippen LogP contribution in [-0.4, -0.2) is 29.9 Å². The summed E-state index contributed by atoms with van der Waals surface area (Å²) in [6.07, 6.45) is 5.54. The van der Waals surface area contributed by atoms with Gasteiger partial charge in [0.25, 0.3) is 0 Å². The summed E-state index contributed by atoms with van der Waals surface area (Å²) in [6.45, 7) is 4.14. The first kappa shape index (κ1) is 10.9. The molecule has 1 saturated heterocycles. The van der Waals surface area contributed by atoms with Crippen molar-refractivity contribution in [3.8, 4) is 0 Å². The largest absolute Gasteiger partial charge is 0.342 e. The number of carbonyl (C=O) groups excluding carboxylic acids is 1. The number of nitrogens with two attached hydrogens (primary N) is 1. The van der Waals surface area contributed by atoms with Crippen molar-refractivity contribution in [2.75, 3.05) is 13.1 Å². The molecule has 1 heterocycles. The Labute approximate surface area is 92.0 Å². The summed E-state index contributed by atoms with van der Waals surface area (Å²) in [4.78, 5) is 14.2. The number of nitrogens with zero attached hydrogens (tertiary/aromatic N) is 1. The lowest BCUT2D eigenvalue weighted by Crippen LogP contribution is -2.40. The van der Waals surface area contributed by atoms with Crippen molar-refractivity contribution in [3.63, 3.8) is 0 Å². The van der Waals surface area contributed by atoms with Crippen molar-refractivity contribution in [2.24, 2.45) is 17.6 Å². The molecular formula is C12H22N2O. The fourth-order valence-corrected chi connectivity index (χ4v) is 2.90. The summed E-state index contributed by atoms with van der Waals surface area (Å²) in [5.41, 5.74) is 5.97. The third kappa shape index (κ3) is 2.17. The van der Waals surface area contributed by atoms with Crippen LogP contribution in [-0.2, 0) is 4.79 Å². The van der Waals surface area contributed by atoms with E-state index in [2.05, 4.69) is 6.92 Å². The molecule has 3 nitrogen and oxygen atoms in total. The van der Waals surface area contributed by atoms with Gasteiger partial charge < -0.3 is 10.6 Å². The molecule has 0 aromatic carbocycles. The van der Waals surface area contributed by atoms with Gasteiger partial charge in [-0.2, -0.15) is 0 Å². The van der Waals surface area contributed by atoms with Crippen molar-refractivity contribution in [1.29, 1.82) is 0 Å². The van der Waals surface area contributed by atoms with Crippen LogP contribution in [0.25, 0.3) is 0 Å². The lowest BCUT2D eigenvalue weighted by Gasteiger charge is -2.23. The SMILES string of the molecule is CCC1CCN(C(=O)C2CCCC2N)C1. The van der Waals surface area contributed by atoms with E-state index in [1.54, 1.807) is 0 Å². The van der Waals surface area contributed by atoms with E-state index in [0.717, 1.165) is 38.3 Å². The van der Waals surface area contributed by atoms with Crippen LogP contribution >= 0.6 is 0 Å². The van der Waals surface area contributed by atoms with E-state index < -0.39 is 0 Å². The van der Waals surface area contributed by atoms with E-state index in [1.165, 1.54) is 12.8 Å². The van der Waals surface area contributed by atoms with E-state index in [9.17, 15) is 4.79 Å². The van der Waals surface area contributed by atoms with Gasteiger partial charge in [-0.15, -0.1) is 0 Å². The number of carbonyl (C=O) groups is 1. The van der Waals surface area contributed by atoms with Crippen LogP contribution in [0.2, 0.25) is 0 Å². The van der Waals surface area contributed by atoms with Crippen LogP contribution in [0.3, 0.4) is 0 Å². The summed E-state index contributed by atoms with van der Waals surface area (Å²) in [6, 6.07) is 0.123. The fourth-order valence-electron chi connectivity index (χ4n) is 2.90. The van der Waals surface area contributed by atoms with E-state index in [4.69, 9.17) is 5.73 Å². The van der Waals surface area contributed by atoms with Gasteiger partial charge in [0.1, 0.15) is 0 Å². The predicted molar refractivity (Wildman–Crippen MR) is 60.3 cm³/mol. The number of hydrogen-bond acceptors (Lipinski definition) is 2. The molecule has 15 heavy (non-hydrogen) atoms. The lowest BCUT2D eigenvalue weighted by molar-refractivity contribution is -0.134. The van der Waals surface area contributed by atoms with Crippen LogP contribution in [0.5, 0.6) is 0 Å². The van der Waals surface area contributed by atoms with Gasteiger partial charge in [-0.3, -0.25) is 4.79 Å². The van der Waals surface area contributed by atoms with E-state index in [1.807, 2.05) is 4.90 Å². The normalized spacial score (nSPS) is 36.1. The molecule has 3 atom stereocenters. The summed E-state index contributed by atoms with van der Waals surface area (Å²) < 4.78 is 0. The second-order valence-corrected chi connectivity index (χ2v) is 5.05. The highest BCUT2D eigenvalue weighted by atomic mass is 16.2. The molecule has 2 rings (SSSR count). The van der Waals surface area contributed by atoms with Gasteiger partial charge in [-0.25, -0.2) is 0 Å². The van der Waals surface area contributed by atoms with Crippen molar-refractivity contribution in [3.05, 3.63) is 0 Å². The monoisotopic (exact) mass is 210 g/mol. The molecule has 0 spiro atoms. The molecule has 3 heteroatoms. The quantitative estimate of drug-likeness (QED) is 0.748. The number of amides is 1. The summed E-state index contributed by atoms with van der Waals surface area (Å²) in [5, 5.41) is 0. The van der Waals surface area contributed by atoms with Crippen LogP contribution < -0.4 is 5.73 Å². The minimum absolute atomic E-state index is 0.123. The molecule has 1 amide bonds. The minimum Gasteiger partial charge on any atom is -0.342 e. The standard InChI is InChI=1S/C12H22N2O/c1-2-9-6-7-14(8-9)12(15)10-4-3-5-11(10)13/h9-11H,2-8,13H2,1H3. The Morgan fingerprint density at radius 2 is 2.20 bits per heavy atom. The van der Waals surface area contributed by atoms with E-state index in [0.29, 0.717) is 5.91 Å². The number of hydrogen-bond donors (Lipinski definition) is 1. The zero-order chi connectivity index (χ0) is 10.8. The summed E-state index contributed by atoms with van der Waals surface area (Å²) in [5.74, 6) is 1.18. The molecule has 0 radical (unpaired) electrons. The van der Waals surface area contributed by atoms with Crippen LogP contribution in [0.15, 0.2) is 0 Å². The van der Waals surface area contributed by atoms with Crippen molar-refractivity contribution in [2.45, 2.75) is 45.1 Å². The molecule has 0 aromatic heterocycles. The molecule has 2 fully saturated rings. The first-order valence-electron chi connectivity index (χ1n) is 6.26. The third-order valence-electron chi connectivity index (χ3n) is 4.06. The maximum absolute atomic E-state index is 12.2. The Morgan fingerprint density at radius 1 is 1.40 bits per heavy atom. The van der Waals surface area contributed by atoms with E-state index >= 15 is 0 Å². The minimum atomic E-state index is 0.123. The highest BCUT2D eigenvalue weighted by Gasteiger charge is 2.35. The third-order valence-corrected chi connectivity index (χ3v) is 4.06. The van der Waals surface area contributed by atoms with Gasteiger partial charge in [-0.05, 0) is 25.2 Å². The first-order valence-corrected chi connectivity index (χ1v) is 6.26. The van der Waals surface area contributed by atoms with Gasteiger partial charge in [0.05, 0.1) is 5.92 Å². The topological polar surface area (TPSA) is 46.3 Å². The summed E-state index contributed by atoms with van der Waals surface area (Å²) >= 11 is 0. The van der Waals surface area contributed by atoms with Crippen LogP contribution in [0.1, 0.15) is 39.0 Å². The van der Waals surface area contributed by atoms with Crippen molar-refractivity contribution < 1.29 is 4.79 Å². The Bertz CT molecular complexity index is 242. The second-order valence-electron chi connectivity index (χ2n) is 5.05. The number of rotatable bonds is 2. The first-order chi connectivity index (χ1) is 7.22. The molecule has 2 N–H and O–H groups in total. The van der Waals surface area contributed by atoms with Gasteiger partial charge in [0.2, 0.25) is 5.91 Å². The Hall–Kier alpha value is -0.570. The van der Waals surface area contributed by atoms with E-state index in [-0.39, 0.29) is 12.0 Å². The maximum atomic E-state index is 12.2. The average molecular weight is 210 g/mol. The number of likely N-dealkylation sites (tertiary alicyclic amines) is 1. The van der Waals surface area contributed by atoms with Gasteiger partial charge in [0.15, 0.2) is 0 Å². The highest BCUT2D eigenvalue weighted by molar-refractivity contribution is 5.80. The molecule has 1 aliphatic heterocycles. The lowest BCUT2D eigenvalue weighted by atomic mass is 10.0. The zero-order valence-corrected chi connectivity index (χ0v) is 9.61. The zero-order valence-electron chi connectivity index (χ0n) is 9.61. The second kappa shape index (κ2) is 4.52. The molecule has 2 aliphatic rings. The molecule has 86 valence electrons. The Kier molecular flexibility index (Phi) is 3.29. The molecule has 1 aliphatic carbocycles. The van der Waals surface area contributed by atoms with Crippen LogP contribution in [0, 0.1) is 11.8 Å². The van der Waals surface area contributed by atoms with Gasteiger partial charge in [0, 0.05) is 19.1 Å². The fraction of sp³-hybridized carbons (Fsp3) is 0.917. The molecule has 0 aromatic rings. The Morgan fingerprint density at radius 3 is 2.73 bits per heavy atom. The van der Waals surface area contributed by atoms with Crippen molar-refractivity contribution in [1.82, 2.24) is 4.90 Å². The predicted octanol–water partition coefficient (Wildman–Crippen LogP) is 1.37. The summed E-state index contributed by atoms with van der Waals surface area (Å²) in [7, 11) is 0. The van der Waals surface area contributed by atoms with Gasteiger partial charge in [-0.1, -0.05) is 19.8 Å². The molecule has 0 bridgehead atoms. The van der Waals surface area contributed by atoms with Crippen molar-refractivity contribution >= 4 is 5.91 Å². The highest BCUT2D eigenvalue weighted by Crippen LogP contribution is 2.28.